The van der Waals surface area contributed by atoms with Gasteiger partial charge in [0.25, 0.3) is 0 Å². The summed E-state index contributed by atoms with van der Waals surface area (Å²) < 4.78 is 0. The maximum atomic E-state index is 9.24. The lowest BCUT2D eigenvalue weighted by molar-refractivity contribution is 1.64. The Morgan fingerprint density at radius 1 is 1.07 bits per heavy atom. The van der Waals surface area contributed by atoms with Crippen LogP contribution >= 0.6 is 0 Å². The average Bonchev–Trinajstić information content (AvgIpc) is 2.28. The van der Waals surface area contributed by atoms with Crippen LogP contribution < -0.4 is 0 Å². The number of benzene rings is 1. The third kappa shape index (κ3) is 2.62. The predicted octanol–water partition coefficient (Wildman–Crippen LogP) is 2.75. The summed E-state index contributed by atoms with van der Waals surface area (Å²) in [6.07, 6.45) is 6.93. The Balaban J connectivity index is 2.19. The number of nitrogens with zero attached hydrogens (tertiary/aromatic N) is 1. The molecule has 0 spiro atoms. The van der Waals surface area contributed by atoms with Crippen molar-refractivity contribution in [1.82, 2.24) is 0 Å². The largest absolute Gasteiger partial charge is 0.779 e. The molecule has 0 atom stereocenters. The van der Waals surface area contributed by atoms with Crippen LogP contribution in [0.4, 0.5) is 0 Å². The van der Waals surface area contributed by atoms with Crippen LogP contribution in [0.2, 0.25) is 0 Å². The molecule has 0 aromatic heterocycles. The van der Waals surface area contributed by atoms with Gasteiger partial charge in [-0.2, -0.15) is 0 Å². The molecule has 0 heterocycles. The van der Waals surface area contributed by atoms with Crippen molar-refractivity contribution in [1.29, 1.82) is 0 Å². The van der Waals surface area contributed by atoms with E-state index in [4.69, 9.17) is 0 Å². The fourth-order valence-electron chi connectivity index (χ4n) is 1.25. The standard InChI is InChI=1S/C14H9N/c15-14-8-4-7-13(11-14)10-9-12-5-2-1-3-6-12/h1-8,11H. The number of hydrogen-bond donors (Lipinski definition) is 0. The second-order valence-electron chi connectivity index (χ2n) is 3.17. The highest BCUT2D eigenvalue weighted by Gasteiger charge is 2.01. The van der Waals surface area contributed by atoms with Crippen LogP contribution in [0.5, 0.6) is 0 Å². The van der Waals surface area contributed by atoms with Gasteiger partial charge in [0, 0.05) is 24.1 Å². The van der Waals surface area contributed by atoms with E-state index in [1.54, 1.807) is 18.6 Å². The molecule has 0 N–H and O–H groups in total. The molecule has 0 saturated heterocycles. The Morgan fingerprint density at radius 2 is 1.87 bits per heavy atom. The van der Waals surface area contributed by atoms with E-state index in [0.29, 0.717) is 0 Å². The quantitative estimate of drug-likeness (QED) is 0.444. The number of allylic oxidation sites excluding steroid dienone is 4. The second-order valence-corrected chi connectivity index (χ2v) is 3.17. The molecule has 0 saturated carbocycles. The zero-order chi connectivity index (χ0) is 10.5. The van der Waals surface area contributed by atoms with Crippen LogP contribution in [0.3, 0.4) is 0 Å². The number of rotatable bonds is 0. The number of hydrogen-bond acceptors (Lipinski definition) is 0. The third-order valence-corrected chi connectivity index (χ3v) is 1.97. The highest BCUT2D eigenvalue weighted by atomic mass is 14.4. The van der Waals surface area contributed by atoms with Crippen molar-refractivity contribution in [2.75, 3.05) is 0 Å². The van der Waals surface area contributed by atoms with Crippen molar-refractivity contribution in [3.05, 3.63) is 71.5 Å². The summed E-state index contributed by atoms with van der Waals surface area (Å²) >= 11 is 0. The molecule has 0 unspecified atom stereocenters. The highest BCUT2D eigenvalue weighted by molar-refractivity contribution is 6.07. The van der Waals surface area contributed by atoms with Gasteiger partial charge in [0.2, 0.25) is 0 Å². The fourth-order valence-corrected chi connectivity index (χ4v) is 1.25. The maximum Gasteiger partial charge on any atom is 0.132 e. The minimum atomic E-state index is 0.245. The first-order valence-electron chi connectivity index (χ1n) is 4.71. The van der Waals surface area contributed by atoms with Gasteiger partial charge < -0.3 is 5.41 Å². The maximum absolute atomic E-state index is 9.24. The molecule has 0 radical (unpaired) electrons. The second kappa shape index (κ2) is 4.34. The Kier molecular flexibility index (Phi) is 2.71. The molecule has 1 aliphatic rings. The summed E-state index contributed by atoms with van der Waals surface area (Å²) in [4.78, 5) is 0. The van der Waals surface area contributed by atoms with E-state index < -0.39 is 0 Å². The SMILES string of the molecule is [N-]=C1C=C(C#Cc2ccccc2)C=C[CH+]1. The first kappa shape index (κ1) is 9.36. The van der Waals surface area contributed by atoms with Crippen molar-refractivity contribution in [2.24, 2.45) is 0 Å². The molecule has 0 amide bonds. The molecule has 70 valence electrons. The molecule has 0 aliphatic heterocycles. The van der Waals surface area contributed by atoms with E-state index in [0.717, 1.165) is 11.1 Å². The third-order valence-electron chi connectivity index (χ3n) is 1.97. The molecule has 0 bridgehead atoms. The van der Waals surface area contributed by atoms with Crippen molar-refractivity contribution in [3.8, 4) is 11.8 Å². The van der Waals surface area contributed by atoms with Crippen LogP contribution in [0, 0.1) is 18.3 Å². The summed E-state index contributed by atoms with van der Waals surface area (Å²) in [7, 11) is 0. The molecule has 15 heavy (non-hydrogen) atoms. The molecule has 1 aromatic rings. The average molecular weight is 191 g/mol. The normalized spacial score (nSPS) is 13.6. The van der Waals surface area contributed by atoms with Crippen molar-refractivity contribution < 1.29 is 0 Å². The lowest BCUT2D eigenvalue weighted by atomic mass is 10.1. The van der Waals surface area contributed by atoms with Crippen molar-refractivity contribution in [2.45, 2.75) is 0 Å². The minimum Gasteiger partial charge on any atom is -0.779 e. The van der Waals surface area contributed by atoms with E-state index in [1.807, 2.05) is 36.4 Å². The van der Waals surface area contributed by atoms with Gasteiger partial charge in [0.05, 0.1) is 6.08 Å². The van der Waals surface area contributed by atoms with Gasteiger partial charge >= 0.3 is 0 Å². The topological polar surface area (TPSA) is 22.3 Å². The molecule has 2 rings (SSSR count). The van der Waals surface area contributed by atoms with E-state index >= 15 is 0 Å². The van der Waals surface area contributed by atoms with Crippen LogP contribution in [-0.4, -0.2) is 5.71 Å². The lowest BCUT2D eigenvalue weighted by Crippen LogP contribution is -1.95. The lowest BCUT2D eigenvalue weighted by Gasteiger charge is -1.98. The first-order chi connectivity index (χ1) is 7.34. The zero-order valence-corrected chi connectivity index (χ0v) is 8.14. The van der Waals surface area contributed by atoms with Gasteiger partial charge in [-0.05, 0) is 23.8 Å². The molecule has 1 nitrogen and oxygen atoms in total. The van der Waals surface area contributed by atoms with E-state index in [9.17, 15) is 5.41 Å². The van der Waals surface area contributed by atoms with Crippen LogP contribution in [0.1, 0.15) is 5.56 Å². The van der Waals surface area contributed by atoms with E-state index in [-0.39, 0.29) is 5.71 Å². The summed E-state index contributed by atoms with van der Waals surface area (Å²) in [6, 6.07) is 9.77. The zero-order valence-electron chi connectivity index (χ0n) is 8.14. The van der Waals surface area contributed by atoms with Gasteiger partial charge in [0.1, 0.15) is 5.57 Å². The van der Waals surface area contributed by atoms with Crippen LogP contribution in [-0.2, 0) is 0 Å². The smallest absolute Gasteiger partial charge is 0.132 e. The summed E-state index contributed by atoms with van der Waals surface area (Å²) in [6.45, 7) is 0. The Morgan fingerprint density at radius 3 is 2.60 bits per heavy atom. The van der Waals surface area contributed by atoms with Gasteiger partial charge in [-0.25, -0.2) is 0 Å². The predicted molar refractivity (Wildman–Crippen MR) is 63.2 cm³/mol. The molecule has 0 fully saturated rings. The first-order valence-corrected chi connectivity index (χ1v) is 4.71. The Labute approximate surface area is 89.7 Å². The van der Waals surface area contributed by atoms with Gasteiger partial charge in [0.15, 0.2) is 0 Å². The molecular weight excluding hydrogens is 182 g/mol. The van der Waals surface area contributed by atoms with Gasteiger partial charge in [-0.3, -0.25) is 0 Å². The molecule has 1 aliphatic carbocycles. The van der Waals surface area contributed by atoms with Crippen molar-refractivity contribution in [3.63, 3.8) is 0 Å². The summed E-state index contributed by atoms with van der Waals surface area (Å²) in [5.41, 5.74) is 2.04. The highest BCUT2D eigenvalue weighted by Crippen LogP contribution is 2.06. The molecule has 1 aromatic carbocycles. The molecule has 1 heteroatoms. The van der Waals surface area contributed by atoms with E-state index in [2.05, 4.69) is 11.8 Å². The summed E-state index contributed by atoms with van der Waals surface area (Å²) in [5.74, 6) is 6.02. The monoisotopic (exact) mass is 191 g/mol. The summed E-state index contributed by atoms with van der Waals surface area (Å²) in [5, 5.41) is 9.24. The van der Waals surface area contributed by atoms with E-state index in [1.165, 1.54) is 0 Å². The Bertz CT molecular complexity index is 481. The van der Waals surface area contributed by atoms with Gasteiger partial charge in [-0.1, -0.05) is 24.1 Å². The fraction of sp³-hybridized carbons (Fsp3) is 0. The van der Waals surface area contributed by atoms with Crippen LogP contribution in [0.15, 0.2) is 54.1 Å². The van der Waals surface area contributed by atoms with Gasteiger partial charge in [-0.15, -0.1) is 0 Å². The minimum absolute atomic E-state index is 0.245. The Hall–Kier alpha value is -2.20. The van der Waals surface area contributed by atoms with Crippen LogP contribution in [0.25, 0.3) is 5.41 Å². The molecular formula is C14H9N. The van der Waals surface area contributed by atoms with Crippen molar-refractivity contribution >= 4 is 5.71 Å².